The van der Waals surface area contributed by atoms with Crippen LogP contribution in [0.2, 0.25) is 0 Å². The number of aliphatic hydroxyl groups excluding tert-OH is 1. The van der Waals surface area contributed by atoms with Crippen molar-refractivity contribution in [2.45, 2.75) is 74.0 Å². The van der Waals surface area contributed by atoms with Crippen LogP contribution in [0.15, 0.2) is 30.3 Å². The van der Waals surface area contributed by atoms with Crippen molar-refractivity contribution in [1.29, 1.82) is 0 Å². The number of nitrogens with zero attached hydrogens (tertiary/aromatic N) is 2. The van der Waals surface area contributed by atoms with Gasteiger partial charge < -0.3 is 25.6 Å². The fourth-order valence-corrected chi connectivity index (χ4v) is 6.24. The van der Waals surface area contributed by atoms with E-state index in [-0.39, 0.29) is 29.6 Å². The quantitative estimate of drug-likeness (QED) is 0.479. The van der Waals surface area contributed by atoms with Crippen molar-refractivity contribution in [2.75, 3.05) is 39.9 Å². The number of hydrogen-bond donors (Lipinski definition) is 4. The van der Waals surface area contributed by atoms with Gasteiger partial charge in [0.15, 0.2) is 6.35 Å². The maximum Gasteiger partial charge on any atom is 0.234 e. The number of aliphatic hydroxyl groups is 2. The zero-order valence-corrected chi connectivity index (χ0v) is 19.6. The van der Waals surface area contributed by atoms with Crippen LogP contribution in [-0.4, -0.2) is 89.3 Å². The Morgan fingerprint density at radius 2 is 1.82 bits per heavy atom. The first kappa shape index (κ1) is 23.2. The average molecular weight is 459 g/mol. The summed E-state index contributed by atoms with van der Waals surface area (Å²) in [5.41, 5.74) is 0.224. The molecule has 0 radical (unpaired) electrons. The molecule has 33 heavy (non-hydrogen) atoms. The molecule has 1 atom stereocenters. The lowest BCUT2D eigenvalue weighted by atomic mass is 9.68. The van der Waals surface area contributed by atoms with Crippen LogP contribution in [0.1, 0.15) is 50.5 Å². The minimum Gasteiger partial charge on any atom is -0.389 e. The van der Waals surface area contributed by atoms with Crippen molar-refractivity contribution in [2.24, 2.45) is 0 Å². The Morgan fingerprint density at radius 3 is 2.36 bits per heavy atom. The second-order valence-corrected chi connectivity index (χ2v) is 10.7. The molecule has 2 aliphatic heterocycles. The summed E-state index contributed by atoms with van der Waals surface area (Å²) in [7, 11) is 2.03. The molecule has 2 aliphatic carbocycles. The second kappa shape index (κ2) is 8.91. The predicted molar refractivity (Wildman–Crippen MR) is 124 cm³/mol. The standard InChI is InChI=1S/C25H38N4O4/c1-26-25(19-6-3-2-4-7-19)12-10-23(11-13-25)17-28(14-21(30)27-20-15-33-16-20)22(31)29(23)18-24(32)8-5-9-24/h2-4,6-7,20,22,26,31-32H,5,8-18H2,1H3,(H,27,30). The highest BCUT2D eigenvalue weighted by Crippen LogP contribution is 2.48. The fourth-order valence-electron chi connectivity index (χ4n) is 6.24. The zero-order valence-electron chi connectivity index (χ0n) is 19.6. The second-order valence-electron chi connectivity index (χ2n) is 10.7. The number of amides is 1. The minimum absolute atomic E-state index is 0.0774. The van der Waals surface area contributed by atoms with Gasteiger partial charge in [0.2, 0.25) is 5.91 Å². The van der Waals surface area contributed by atoms with E-state index in [9.17, 15) is 15.0 Å². The molecular weight excluding hydrogens is 420 g/mol. The van der Waals surface area contributed by atoms with Crippen LogP contribution in [0, 0.1) is 0 Å². The molecule has 5 rings (SSSR count). The Balaban J connectivity index is 1.34. The third-order valence-electron chi connectivity index (χ3n) is 8.65. The summed E-state index contributed by atoms with van der Waals surface area (Å²) in [5.74, 6) is -0.0774. The molecule has 1 aromatic carbocycles. The first-order valence-corrected chi connectivity index (χ1v) is 12.4. The molecule has 182 valence electrons. The van der Waals surface area contributed by atoms with E-state index in [1.807, 2.05) is 18.0 Å². The molecule has 2 saturated heterocycles. The van der Waals surface area contributed by atoms with Crippen LogP contribution < -0.4 is 10.6 Å². The van der Waals surface area contributed by atoms with Gasteiger partial charge in [-0.2, -0.15) is 0 Å². The lowest BCUT2D eigenvalue weighted by Crippen LogP contribution is -2.60. The van der Waals surface area contributed by atoms with Gasteiger partial charge in [0.05, 0.1) is 31.4 Å². The van der Waals surface area contributed by atoms with Gasteiger partial charge in [-0.15, -0.1) is 0 Å². The van der Waals surface area contributed by atoms with Gasteiger partial charge >= 0.3 is 0 Å². The molecule has 1 unspecified atom stereocenters. The molecule has 0 aromatic heterocycles. The van der Waals surface area contributed by atoms with Crippen molar-refractivity contribution in [1.82, 2.24) is 20.4 Å². The molecule has 1 aromatic rings. The van der Waals surface area contributed by atoms with Crippen LogP contribution in [-0.2, 0) is 15.1 Å². The summed E-state index contributed by atoms with van der Waals surface area (Å²) >= 11 is 0. The molecule has 2 saturated carbocycles. The molecular formula is C25H38N4O4. The lowest BCUT2D eigenvalue weighted by Gasteiger charge is -2.51. The molecule has 1 spiro atoms. The number of β-amino-alcohol motifs (C(OH)–C–C–N with tert-alkyl or cyclic N) is 1. The Hall–Kier alpha value is -1.55. The number of hydrogen-bond acceptors (Lipinski definition) is 7. The van der Waals surface area contributed by atoms with E-state index in [4.69, 9.17) is 4.74 Å². The van der Waals surface area contributed by atoms with Crippen molar-refractivity contribution in [3.63, 3.8) is 0 Å². The number of benzene rings is 1. The Labute approximate surface area is 196 Å². The third kappa shape index (κ3) is 4.33. The van der Waals surface area contributed by atoms with E-state index in [1.54, 1.807) is 0 Å². The van der Waals surface area contributed by atoms with Gasteiger partial charge in [-0.3, -0.25) is 14.6 Å². The van der Waals surface area contributed by atoms with Gasteiger partial charge in [0.1, 0.15) is 0 Å². The average Bonchev–Trinajstić information content (AvgIpc) is 3.02. The maximum absolute atomic E-state index is 12.6. The predicted octanol–water partition coefficient (Wildman–Crippen LogP) is 0.738. The summed E-state index contributed by atoms with van der Waals surface area (Å²) < 4.78 is 5.15. The van der Waals surface area contributed by atoms with Crippen molar-refractivity contribution in [3.8, 4) is 0 Å². The SMILES string of the molecule is CNC1(c2ccccc2)CCC2(CC1)CN(CC(=O)NC1COC1)C(O)N2CC1(O)CCC1. The van der Waals surface area contributed by atoms with Gasteiger partial charge in [-0.25, -0.2) is 0 Å². The smallest absolute Gasteiger partial charge is 0.234 e. The third-order valence-corrected chi connectivity index (χ3v) is 8.65. The van der Waals surface area contributed by atoms with E-state index in [0.717, 1.165) is 44.9 Å². The highest BCUT2D eigenvalue weighted by molar-refractivity contribution is 5.78. The van der Waals surface area contributed by atoms with E-state index >= 15 is 0 Å². The van der Waals surface area contributed by atoms with Crippen LogP contribution >= 0.6 is 0 Å². The van der Waals surface area contributed by atoms with Gasteiger partial charge in [-0.05, 0) is 57.6 Å². The summed E-state index contributed by atoms with van der Waals surface area (Å²) in [5, 5.41) is 28.9. The highest BCUT2D eigenvalue weighted by atomic mass is 16.5. The van der Waals surface area contributed by atoms with Crippen molar-refractivity contribution < 1.29 is 19.7 Å². The molecule has 8 heteroatoms. The van der Waals surface area contributed by atoms with Crippen LogP contribution in [0.3, 0.4) is 0 Å². The summed E-state index contributed by atoms with van der Waals surface area (Å²) in [6, 6.07) is 10.7. The molecule has 4 fully saturated rings. The number of carbonyl (C=O) groups excluding carboxylic acids is 1. The number of carbonyl (C=O) groups is 1. The number of nitrogens with one attached hydrogen (secondary N) is 2. The van der Waals surface area contributed by atoms with Gasteiger partial charge in [-0.1, -0.05) is 30.3 Å². The molecule has 4 aliphatic rings. The van der Waals surface area contributed by atoms with Crippen molar-refractivity contribution in [3.05, 3.63) is 35.9 Å². The fraction of sp³-hybridized carbons (Fsp3) is 0.720. The summed E-state index contributed by atoms with van der Waals surface area (Å²) in [6.07, 6.45) is 5.38. The largest absolute Gasteiger partial charge is 0.389 e. The van der Waals surface area contributed by atoms with Gasteiger partial charge in [0, 0.05) is 24.2 Å². The topological polar surface area (TPSA) is 97.3 Å². The highest BCUT2D eigenvalue weighted by Gasteiger charge is 2.56. The summed E-state index contributed by atoms with van der Waals surface area (Å²) in [4.78, 5) is 16.6. The van der Waals surface area contributed by atoms with E-state index < -0.39 is 12.0 Å². The van der Waals surface area contributed by atoms with Crippen molar-refractivity contribution >= 4 is 5.91 Å². The van der Waals surface area contributed by atoms with Crippen LogP contribution in [0.5, 0.6) is 0 Å². The summed E-state index contributed by atoms with van der Waals surface area (Å²) in [6.45, 7) is 2.37. The maximum atomic E-state index is 12.6. The molecule has 0 bridgehead atoms. The molecule has 4 N–H and O–H groups in total. The van der Waals surface area contributed by atoms with E-state index in [0.29, 0.717) is 26.3 Å². The van der Waals surface area contributed by atoms with Gasteiger partial charge in [0.25, 0.3) is 0 Å². The van der Waals surface area contributed by atoms with Crippen LogP contribution in [0.25, 0.3) is 0 Å². The Bertz CT molecular complexity index is 834. The zero-order chi connectivity index (χ0) is 23.1. The monoisotopic (exact) mass is 458 g/mol. The Morgan fingerprint density at radius 1 is 1.12 bits per heavy atom. The van der Waals surface area contributed by atoms with Crippen LogP contribution in [0.4, 0.5) is 0 Å². The van der Waals surface area contributed by atoms with E-state index in [1.165, 1.54) is 5.56 Å². The molecule has 2 heterocycles. The minimum atomic E-state index is -0.864. The number of ether oxygens (including phenoxy) is 1. The molecule has 8 nitrogen and oxygen atoms in total. The normalized spacial score (nSPS) is 34.7. The Kier molecular flexibility index (Phi) is 6.26. The first-order valence-electron chi connectivity index (χ1n) is 12.4. The first-order chi connectivity index (χ1) is 15.9. The van der Waals surface area contributed by atoms with E-state index in [2.05, 4.69) is 39.8 Å². The molecule has 1 amide bonds. The number of rotatable bonds is 7. The lowest BCUT2D eigenvalue weighted by molar-refractivity contribution is -0.147.